The number of nitrogens with zero attached hydrogens (tertiary/aromatic N) is 1. The summed E-state index contributed by atoms with van der Waals surface area (Å²) in [6.45, 7) is 4.27. The van der Waals surface area contributed by atoms with Gasteiger partial charge in [0.15, 0.2) is 5.16 Å². The molecule has 0 saturated carbocycles. The molecule has 160 valence electrons. The largest absolute Gasteiger partial charge is 0.462 e. The number of anilines is 1. The smallest absolute Gasteiger partial charge is 0.341 e. The number of aromatic nitrogens is 2. The predicted octanol–water partition coefficient (Wildman–Crippen LogP) is 3.35. The zero-order chi connectivity index (χ0) is 21.3. The van der Waals surface area contributed by atoms with Gasteiger partial charge in [0, 0.05) is 10.4 Å². The quantitative estimate of drug-likeness (QED) is 0.400. The third kappa shape index (κ3) is 4.32. The van der Waals surface area contributed by atoms with Gasteiger partial charge < -0.3 is 15.0 Å². The molecule has 9 heteroatoms. The first-order valence-electron chi connectivity index (χ1n) is 10.3. The maximum Gasteiger partial charge on any atom is 0.341 e. The summed E-state index contributed by atoms with van der Waals surface area (Å²) in [7, 11) is 0. The fourth-order valence-electron chi connectivity index (χ4n) is 4.04. The summed E-state index contributed by atoms with van der Waals surface area (Å²) in [6.07, 6.45) is 5.28. The second-order valence-corrected chi connectivity index (χ2v) is 9.83. The molecule has 0 aliphatic heterocycles. The van der Waals surface area contributed by atoms with Crippen LogP contribution in [0.2, 0.25) is 0 Å². The van der Waals surface area contributed by atoms with E-state index in [1.807, 2.05) is 0 Å². The Morgan fingerprint density at radius 3 is 2.93 bits per heavy atom. The Balaban J connectivity index is 1.48. The van der Waals surface area contributed by atoms with Crippen LogP contribution in [0.5, 0.6) is 0 Å². The van der Waals surface area contributed by atoms with Crippen molar-refractivity contribution in [2.45, 2.75) is 57.5 Å². The molecule has 0 unspecified atom stereocenters. The molecule has 7 nitrogen and oxygen atoms in total. The molecule has 2 N–H and O–H groups in total. The van der Waals surface area contributed by atoms with Crippen molar-refractivity contribution < 1.29 is 14.3 Å². The van der Waals surface area contributed by atoms with Crippen LogP contribution in [0.1, 0.15) is 58.7 Å². The summed E-state index contributed by atoms with van der Waals surface area (Å²) in [4.78, 5) is 45.7. The van der Waals surface area contributed by atoms with Crippen LogP contribution in [0.4, 0.5) is 5.00 Å². The topological polar surface area (TPSA) is 101 Å². The molecule has 1 atom stereocenters. The molecule has 2 aliphatic carbocycles. The molecule has 1 amide bonds. The Hall–Kier alpha value is -2.13. The molecule has 0 spiro atoms. The monoisotopic (exact) mass is 447 g/mol. The van der Waals surface area contributed by atoms with Gasteiger partial charge in [-0.15, -0.1) is 11.3 Å². The first-order chi connectivity index (χ1) is 14.5. The van der Waals surface area contributed by atoms with Crippen molar-refractivity contribution in [1.29, 1.82) is 0 Å². The molecule has 2 heterocycles. The molecular formula is C21H25N3O4S2. The molecule has 2 aromatic heterocycles. The summed E-state index contributed by atoms with van der Waals surface area (Å²) in [5.74, 6) is 0.0497. The van der Waals surface area contributed by atoms with E-state index in [2.05, 4.69) is 22.2 Å². The van der Waals surface area contributed by atoms with Gasteiger partial charge in [0.2, 0.25) is 5.91 Å². The third-order valence-corrected chi connectivity index (χ3v) is 7.55. The van der Waals surface area contributed by atoms with Crippen molar-refractivity contribution in [2.24, 2.45) is 5.92 Å². The van der Waals surface area contributed by atoms with Gasteiger partial charge in [-0.25, -0.2) is 9.78 Å². The Morgan fingerprint density at radius 1 is 1.30 bits per heavy atom. The number of carbonyl (C=O) groups is 2. The van der Waals surface area contributed by atoms with Crippen molar-refractivity contribution in [3.05, 3.63) is 37.6 Å². The molecule has 2 aliphatic rings. The average molecular weight is 448 g/mol. The first kappa shape index (κ1) is 21.1. The Labute approximate surface area is 183 Å². The molecule has 0 aromatic carbocycles. The van der Waals surface area contributed by atoms with Crippen molar-refractivity contribution in [3.63, 3.8) is 0 Å². The highest BCUT2D eigenvalue weighted by molar-refractivity contribution is 7.99. The van der Waals surface area contributed by atoms with Gasteiger partial charge in [-0.1, -0.05) is 18.7 Å². The Bertz CT molecular complexity index is 1040. The lowest BCUT2D eigenvalue weighted by Crippen LogP contribution is -2.19. The van der Waals surface area contributed by atoms with E-state index in [0.717, 1.165) is 60.2 Å². The molecule has 0 fully saturated rings. The molecule has 0 radical (unpaired) electrons. The highest BCUT2D eigenvalue weighted by Gasteiger charge is 2.29. The number of aryl methyl sites for hydroxylation is 1. The number of hydrogen-bond acceptors (Lipinski definition) is 7. The van der Waals surface area contributed by atoms with E-state index in [9.17, 15) is 14.4 Å². The summed E-state index contributed by atoms with van der Waals surface area (Å²) in [6, 6.07) is 0. The number of nitrogens with one attached hydrogen (secondary N) is 2. The van der Waals surface area contributed by atoms with Gasteiger partial charge in [0.1, 0.15) is 5.00 Å². The molecule has 30 heavy (non-hydrogen) atoms. The molecular weight excluding hydrogens is 422 g/mol. The fourth-order valence-corrected chi connectivity index (χ4v) is 6.14. The molecule has 0 bridgehead atoms. The number of H-pyrrole nitrogens is 1. The molecule has 2 aromatic rings. The number of thioether (sulfide) groups is 1. The Kier molecular flexibility index (Phi) is 6.29. The van der Waals surface area contributed by atoms with E-state index >= 15 is 0 Å². The van der Waals surface area contributed by atoms with Crippen molar-refractivity contribution in [2.75, 3.05) is 17.7 Å². The van der Waals surface area contributed by atoms with Gasteiger partial charge in [0.25, 0.3) is 5.56 Å². The van der Waals surface area contributed by atoms with E-state index in [1.165, 1.54) is 23.1 Å². The second kappa shape index (κ2) is 8.93. The lowest BCUT2D eigenvalue weighted by atomic mass is 9.88. The number of rotatable bonds is 6. The van der Waals surface area contributed by atoms with Gasteiger partial charge in [0.05, 0.1) is 23.6 Å². The van der Waals surface area contributed by atoms with Crippen LogP contribution < -0.4 is 10.9 Å². The van der Waals surface area contributed by atoms with Crippen LogP contribution >= 0.6 is 23.1 Å². The van der Waals surface area contributed by atoms with E-state index in [4.69, 9.17) is 4.74 Å². The Morgan fingerprint density at radius 2 is 2.13 bits per heavy atom. The first-order valence-corrected chi connectivity index (χ1v) is 12.1. The number of thiophene rings is 1. The predicted molar refractivity (Wildman–Crippen MR) is 118 cm³/mol. The maximum absolute atomic E-state index is 12.6. The fraction of sp³-hybridized carbons (Fsp3) is 0.524. The number of hydrogen-bond donors (Lipinski definition) is 2. The zero-order valence-corrected chi connectivity index (χ0v) is 18.8. The number of esters is 1. The van der Waals surface area contributed by atoms with Crippen LogP contribution in [-0.2, 0) is 35.2 Å². The summed E-state index contributed by atoms with van der Waals surface area (Å²) >= 11 is 2.67. The van der Waals surface area contributed by atoms with E-state index in [-0.39, 0.29) is 23.2 Å². The number of fused-ring (bicyclic) bond motifs is 2. The van der Waals surface area contributed by atoms with E-state index in [0.29, 0.717) is 28.2 Å². The highest BCUT2D eigenvalue weighted by Crippen LogP contribution is 2.40. The minimum absolute atomic E-state index is 0.100. The average Bonchev–Trinajstić information content (AvgIpc) is 3.30. The van der Waals surface area contributed by atoms with Gasteiger partial charge in [-0.3, -0.25) is 9.59 Å². The van der Waals surface area contributed by atoms with Gasteiger partial charge in [-0.2, -0.15) is 0 Å². The number of amides is 1. The third-order valence-electron chi connectivity index (χ3n) is 5.50. The molecule has 0 saturated heterocycles. The van der Waals surface area contributed by atoms with Crippen LogP contribution in [0.3, 0.4) is 0 Å². The van der Waals surface area contributed by atoms with Gasteiger partial charge in [-0.05, 0) is 56.9 Å². The van der Waals surface area contributed by atoms with E-state index in [1.54, 1.807) is 6.92 Å². The zero-order valence-electron chi connectivity index (χ0n) is 17.1. The molecule has 4 rings (SSSR count). The van der Waals surface area contributed by atoms with Crippen molar-refractivity contribution >= 4 is 40.0 Å². The van der Waals surface area contributed by atoms with Crippen LogP contribution in [0.25, 0.3) is 0 Å². The lowest BCUT2D eigenvalue weighted by molar-refractivity contribution is -0.113. The SMILES string of the molecule is CCOC(=O)c1c(NC(=O)CSc2nc3c(c(=O)[nH]2)CCC3)sc2c1CC[C@@H](C)C2. The van der Waals surface area contributed by atoms with E-state index < -0.39 is 0 Å². The van der Waals surface area contributed by atoms with Gasteiger partial charge >= 0.3 is 5.97 Å². The normalized spacial score (nSPS) is 17.3. The summed E-state index contributed by atoms with van der Waals surface area (Å²) in [5, 5.41) is 3.92. The second-order valence-electron chi connectivity index (χ2n) is 7.76. The number of ether oxygens (including phenoxy) is 1. The number of aromatic amines is 1. The summed E-state index contributed by atoms with van der Waals surface area (Å²) < 4.78 is 5.25. The standard InChI is InChI=1S/C21H25N3O4S2/c1-3-28-20(27)17-13-8-7-11(2)9-15(13)30-19(17)23-16(25)10-29-21-22-14-6-4-5-12(14)18(26)24-21/h11H,3-10H2,1-2H3,(H,23,25)(H,22,24,26)/t11-/m1/s1. The minimum Gasteiger partial charge on any atom is -0.462 e. The maximum atomic E-state index is 12.6. The summed E-state index contributed by atoms with van der Waals surface area (Å²) in [5.41, 5.74) is 3.02. The van der Waals surface area contributed by atoms with Crippen LogP contribution in [0.15, 0.2) is 9.95 Å². The lowest BCUT2D eigenvalue weighted by Gasteiger charge is -2.18. The highest BCUT2D eigenvalue weighted by atomic mass is 32.2. The van der Waals surface area contributed by atoms with Crippen molar-refractivity contribution in [1.82, 2.24) is 9.97 Å². The van der Waals surface area contributed by atoms with Crippen LogP contribution in [0, 0.1) is 5.92 Å². The van der Waals surface area contributed by atoms with Crippen molar-refractivity contribution in [3.8, 4) is 0 Å². The van der Waals surface area contributed by atoms with Crippen LogP contribution in [-0.4, -0.2) is 34.2 Å². The minimum atomic E-state index is -0.378. The number of carbonyl (C=O) groups excluding carboxylic acids is 2.